The van der Waals surface area contributed by atoms with Gasteiger partial charge in [0.15, 0.2) is 5.54 Å². The zero-order valence-corrected chi connectivity index (χ0v) is 13.4. The molecule has 1 unspecified atom stereocenters. The molecule has 0 aliphatic carbocycles. The lowest BCUT2D eigenvalue weighted by Crippen LogP contribution is -2.82. The Balaban J connectivity index is 2.23. The maximum atomic E-state index is 12.7. The number of ether oxygens (including phenoxy) is 1. The highest BCUT2D eigenvalue weighted by Crippen LogP contribution is 2.35. The number of β-lactam (4-membered cyclic amide) rings is 1. The minimum absolute atomic E-state index is 0.0514. The van der Waals surface area contributed by atoms with Crippen molar-refractivity contribution in [3.05, 3.63) is 0 Å². The van der Waals surface area contributed by atoms with E-state index in [2.05, 4.69) is 0 Å². The molecule has 0 aromatic rings. The molecule has 23 heavy (non-hydrogen) atoms. The van der Waals surface area contributed by atoms with Gasteiger partial charge in [0.05, 0.1) is 31.9 Å². The average molecular weight is 328 g/mol. The van der Waals surface area contributed by atoms with Gasteiger partial charge >= 0.3 is 0 Å². The van der Waals surface area contributed by atoms with Crippen LogP contribution in [0.1, 0.15) is 20.3 Å². The van der Waals surface area contributed by atoms with E-state index in [-0.39, 0.29) is 25.6 Å². The van der Waals surface area contributed by atoms with E-state index < -0.39 is 35.5 Å². The molecule has 2 heterocycles. The van der Waals surface area contributed by atoms with E-state index in [9.17, 15) is 19.5 Å². The number of amides is 3. The molecule has 9 heteroatoms. The molecule has 130 valence electrons. The van der Waals surface area contributed by atoms with Gasteiger partial charge < -0.3 is 31.1 Å². The Morgan fingerprint density at radius 3 is 2.61 bits per heavy atom. The van der Waals surface area contributed by atoms with Crippen molar-refractivity contribution in [2.24, 2.45) is 11.5 Å². The van der Waals surface area contributed by atoms with Crippen LogP contribution >= 0.6 is 0 Å². The van der Waals surface area contributed by atoms with Crippen molar-refractivity contribution < 1.29 is 24.2 Å². The van der Waals surface area contributed by atoms with Crippen LogP contribution in [0.15, 0.2) is 0 Å². The first-order chi connectivity index (χ1) is 10.8. The molecule has 2 rings (SSSR count). The first-order valence-corrected chi connectivity index (χ1v) is 7.69. The minimum Gasteiger partial charge on any atom is -0.391 e. The summed E-state index contributed by atoms with van der Waals surface area (Å²) in [6.45, 7) is 3.92. The van der Waals surface area contributed by atoms with Crippen molar-refractivity contribution in [2.45, 2.75) is 44.0 Å². The van der Waals surface area contributed by atoms with E-state index in [4.69, 9.17) is 16.2 Å². The zero-order valence-electron chi connectivity index (χ0n) is 13.4. The second-order valence-corrected chi connectivity index (χ2v) is 6.11. The van der Waals surface area contributed by atoms with Crippen LogP contribution in [0.3, 0.4) is 0 Å². The average Bonchev–Trinajstić information content (AvgIpc) is 2.52. The summed E-state index contributed by atoms with van der Waals surface area (Å²) in [7, 11) is 0. The molecule has 5 N–H and O–H groups in total. The van der Waals surface area contributed by atoms with Crippen molar-refractivity contribution in [1.82, 2.24) is 9.80 Å². The summed E-state index contributed by atoms with van der Waals surface area (Å²) in [5, 5.41) is 9.70. The molecule has 0 aromatic carbocycles. The number of morpholine rings is 1. The van der Waals surface area contributed by atoms with Crippen LogP contribution in [0.5, 0.6) is 0 Å². The van der Waals surface area contributed by atoms with E-state index in [0.717, 1.165) is 0 Å². The molecule has 2 fully saturated rings. The van der Waals surface area contributed by atoms with Gasteiger partial charge in [0.2, 0.25) is 11.8 Å². The highest BCUT2D eigenvalue weighted by atomic mass is 16.5. The summed E-state index contributed by atoms with van der Waals surface area (Å²) in [5.41, 5.74) is 9.93. The molecule has 2 aliphatic heterocycles. The topological polar surface area (TPSA) is 139 Å². The third-order valence-electron chi connectivity index (χ3n) is 4.51. The Morgan fingerprint density at radius 1 is 1.48 bits per heavy atom. The highest BCUT2D eigenvalue weighted by Gasteiger charge is 2.62. The molecule has 0 aromatic heterocycles. The number of primary amides is 1. The van der Waals surface area contributed by atoms with Crippen LogP contribution in [-0.2, 0) is 19.1 Å². The summed E-state index contributed by atoms with van der Waals surface area (Å²) in [4.78, 5) is 39.3. The number of carbonyl (C=O) groups is 3. The normalized spacial score (nSPS) is 28.3. The van der Waals surface area contributed by atoms with Crippen molar-refractivity contribution in [3.63, 3.8) is 0 Å². The largest absolute Gasteiger partial charge is 0.391 e. The molecule has 1 spiro atoms. The Morgan fingerprint density at radius 2 is 2.13 bits per heavy atom. The van der Waals surface area contributed by atoms with Gasteiger partial charge in [-0.1, -0.05) is 6.92 Å². The number of carbonyl (C=O) groups excluding carboxylic acids is 3. The standard InChI is InChI=1S/C14H24N4O5/c1-3-9(15)12(21)18-4-5-23-7-14(18)6-17(13(14)22)10(8(2)19)11(16)20/h8-10,19H,3-7,15H2,1-2H3,(H2,16,20)/t8-,9+,10+,14?/m1/s1. The van der Waals surface area contributed by atoms with Gasteiger partial charge in [0.1, 0.15) is 6.04 Å². The minimum atomic E-state index is -1.15. The quantitative estimate of drug-likeness (QED) is 0.473. The molecule has 0 saturated carbocycles. The Hall–Kier alpha value is -1.71. The number of aliphatic hydroxyl groups is 1. The van der Waals surface area contributed by atoms with E-state index >= 15 is 0 Å². The van der Waals surface area contributed by atoms with Crippen LogP contribution in [0.4, 0.5) is 0 Å². The second-order valence-electron chi connectivity index (χ2n) is 6.11. The van der Waals surface area contributed by atoms with Gasteiger partial charge in [-0.25, -0.2) is 0 Å². The highest BCUT2D eigenvalue weighted by molar-refractivity contribution is 6.00. The molecule has 3 amide bonds. The van der Waals surface area contributed by atoms with Crippen LogP contribution < -0.4 is 11.5 Å². The number of nitrogens with two attached hydrogens (primary N) is 2. The number of hydrogen-bond donors (Lipinski definition) is 3. The molecular formula is C14H24N4O5. The summed E-state index contributed by atoms with van der Waals surface area (Å²) in [5.74, 6) is -1.54. The molecule has 4 atom stereocenters. The lowest BCUT2D eigenvalue weighted by atomic mass is 9.83. The molecule has 9 nitrogen and oxygen atoms in total. The van der Waals surface area contributed by atoms with Gasteiger partial charge in [-0.05, 0) is 13.3 Å². The number of nitrogens with zero attached hydrogens (tertiary/aromatic N) is 2. The number of aliphatic hydroxyl groups excluding tert-OH is 1. The van der Waals surface area contributed by atoms with Crippen LogP contribution in [-0.4, -0.2) is 82.7 Å². The Labute approximate surface area is 134 Å². The van der Waals surface area contributed by atoms with E-state index in [1.165, 1.54) is 16.7 Å². The molecular weight excluding hydrogens is 304 g/mol. The lowest BCUT2D eigenvalue weighted by Gasteiger charge is -2.57. The van der Waals surface area contributed by atoms with Gasteiger partial charge in [-0.15, -0.1) is 0 Å². The fourth-order valence-corrected chi connectivity index (χ4v) is 3.17. The Bertz CT molecular complexity index is 511. The third-order valence-corrected chi connectivity index (χ3v) is 4.51. The third kappa shape index (κ3) is 2.79. The first kappa shape index (κ1) is 17.6. The number of hydrogen-bond acceptors (Lipinski definition) is 6. The fraction of sp³-hybridized carbons (Fsp3) is 0.786. The van der Waals surface area contributed by atoms with Crippen molar-refractivity contribution >= 4 is 17.7 Å². The maximum absolute atomic E-state index is 12.7. The molecule has 2 aliphatic rings. The number of likely N-dealkylation sites (tertiary alicyclic amines) is 1. The van der Waals surface area contributed by atoms with Gasteiger partial charge in [-0.3, -0.25) is 14.4 Å². The van der Waals surface area contributed by atoms with Crippen LogP contribution in [0.25, 0.3) is 0 Å². The SMILES string of the molecule is CC[C@H](N)C(=O)N1CCOCC12CN([C@H](C(N)=O)[C@@H](C)O)C2=O. The van der Waals surface area contributed by atoms with Crippen LogP contribution in [0, 0.1) is 0 Å². The van der Waals surface area contributed by atoms with E-state index in [1.54, 1.807) is 6.92 Å². The second kappa shape index (κ2) is 6.42. The van der Waals surface area contributed by atoms with Crippen molar-refractivity contribution in [1.29, 1.82) is 0 Å². The monoisotopic (exact) mass is 328 g/mol. The maximum Gasteiger partial charge on any atom is 0.253 e. The predicted octanol–water partition coefficient (Wildman–Crippen LogP) is -2.60. The van der Waals surface area contributed by atoms with Gasteiger partial charge in [0.25, 0.3) is 5.91 Å². The lowest BCUT2D eigenvalue weighted by molar-refractivity contribution is -0.195. The van der Waals surface area contributed by atoms with Crippen molar-refractivity contribution in [3.8, 4) is 0 Å². The molecule has 0 bridgehead atoms. The summed E-state index contributed by atoms with van der Waals surface area (Å²) >= 11 is 0. The summed E-state index contributed by atoms with van der Waals surface area (Å²) < 4.78 is 5.38. The fourth-order valence-electron chi connectivity index (χ4n) is 3.17. The van der Waals surface area contributed by atoms with Gasteiger partial charge in [0, 0.05) is 6.54 Å². The van der Waals surface area contributed by atoms with E-state index in [1.807, 2.05) is 0 Å². The molecule has 0 radical (unpaired) electrons. The Kier molecular flexibility index (Phi) is 4.92. The summed E-state index contributed by atoms with van der Waals surface area (Å²) in [6, 6.07) is -1.80. The molecule has 2 saturated heterocycles. The first-order valence-electron chi connectivity index (χ1n) is 7.69. The van der Waals surface area contributed by atoms with Gasteiger partial charge in [-0.2, -0.15) is 0 Å². The number of rotatable bonds is 5. The van der Waals surface area contributed by atoms with Crippen LogP contribution in [0.2, 0.25) is 0 Å². The smallest absolute Gasteiger partial charge is 0.253 e. The van der Waals surface area contributed by atoms with E-state index in [0.29, 0.717) is 13.0 Å². The predicted molar refractivity (Wildman–Crippen MR) is 79.9 cm³/mol. The van der Waals surface area contributed by atoms with Crippen molar-refractivity contribution in [2.75, 3.05) is 26.3 Å². The summed E-state index contributed by atoms with van der Waals surface area (Å²) in [6.07, 6.45) is -0.637. The zero-order chi connectivity index (χ0) is 17.4.